The van der Waals surface area contributed by atoms with Crippen LogP contribution in [0, 0.1) is 11.8 Å². The predicted octanol–water partition coefficient (Wildman–Crippen LogP) is 1.94. The number of nitrogens with one attached hydrogen (secondary N) is 1. The van der Waals surface area contributed by atoms with Crippen LogP contribution in [0.4, 0.5) is 0 Å². The molecule has 3 unspecified atom stereocenters. The maximum absolute atomic E-state index is 12.5. The molecule has 4 nitrogen and oxygen atoms in total. The first-order valence-electron chi connectivity index (χ1n) is 7.62. The minimum Gasteiger partial charge on any atom is -0.343 e. The zero-order chi connectivity index (χ0) is 14.0. The minimum absolute atomic E-state index is 0.00285. The SMILES string of the molecule is CCC1CCCC(N2CC(=O)NC(C(C)C)C2=O)C1. The van der Waals surface area contributed by atoms with E-state index in [0.717, 1.165) is 12.8 Å². The van der Waals surface area contributed by atoms with Crippen LogP contribution < -0.4 is 5.32 Å². The number of carbonyl (C=O) groups is 2. The van der Waals surface area contributed by atoms with Crippen LogP contribution >= 0.6 is 0 Å². The molecule has 0 aromatic rings. The highest BCUT2D eigenvalue weighted by Gasteiger charge is 2.39. The standard InChI is InChI=1S/C15H26N2O2/c1-4-11-6-5-7-12(8-11)17-9-13(18)16-14(10(2)3)15(17)19/h10-12,14H,4-9H2,1-3H3,(H,16,18). The summed E-state index contributed by atoms with van der Waals surface area (Å²) in [6.07, 6.45) is 5.76. The number of hydrogen-bond acceptors (Lipinski definition) is 2. The molecule has 2 rings (SSSR count). The average Bonchev–Trinajstić information content (AvgIpc) is 2.40. The van der Waals surface area contributed by atoms with E-state index in [1.54, 1.807) is 0 Å². The van der Waals surface area contributed by atoms with Gasteiger partial charge in [-0.2, -0.15) is 0 Å². The van der Waals surface area contributed by atoms with E-state index >= 15 is 0 Å². The van der Waals surface area contributed by atoms with Crippen molar-refractivity contribution in [3.8, 4) is 0 Å². The quantitative estimate of drug-likeness (QED) is 0.848. The normalized spacial score (nSPS) is 32.6. The molecular weight excluding hydrogens is 240 g/mol. The summed E-state index contributed by atoms with van der Waals surface area (Å²) in [4.78, 5) is 26.2. The Morgan fingerprint density at radius 2 is 2.05 bits per heavy atom. The van der Waals surface area contributed by atoms with E-state index in [-0.39, 0.29) is 36.4 Å². The molecule has 2 amide bonds. The lowest BCUT2D eigenvalue weighted by atomic mass is 9.83. The summed E-state index contributed by atoms with van der Waals surface area (Å²) in [5, 5.41) is 2.83. The molecule has 2 aliphatic rings. The van der Waals surface area contributed by atoms with Crippen molar-refractivity contribution < 1.29 is 9.59 Å². The lowest BCUT2D eigenvalue weighted by Crippen LogP contribution is -2.62. The molecular formula is C15H26N2O2. The van der Waals surface area contributed by atoms with Gasteiger partial charge in [-0.25, -0.2) is 0 Å². The van der Waals surface area contributed by atoms with Gasteiger partial charge in [-0.3, -0.25) is 9.59 Å². The van der Waals surface area contributed by atoms with Crippen LogP contribution in [0.15, 0.2) is 0 Å². The predicted molar refractivity (Wildman–Crippen MR) is 74.5 cm³/mol. The van der Waals surface area contributed by atoms with Gasteiger partial charge in [0, 0.05) is 6.04 Å². The number of carbonyl (C=O) groups excluding carboxylic acids is 2. The molecule has 0 aromatic heterocycles. The molecule has 0 bridgehead atoms. The Hall–Kier alpha value is -1.06. The zero-order valence-electron chi connectivity index (χ0n) is 12.3. The van der Waals surface area contributed by atoms with E-state index < -0.39 is 0 Å². The van der Waals surface area contributed by atoms with Crippen LogP contribution in [-0.2, 0) is 9.59 Å². The summed E-state index contributed by atoms with van der Waals surface area (Å²) in [7, 11) is 0. The summed E-state index contributed by atoms with van der Waals surface area (Å²) < 4.78 is 0. The highest BCUT2D eigenvalue weighted by Crippen LogP contribution is 2.31. The number of rotatable bonds is 3. The molecule has 1 saturated heterocycles. The van der Waals surface area contributed by atoms with Crippen LogP contribution in [-0.4, -0.2) is 35.3 Å². The van der Waals surface area contributed by atoms with Crippen molar-refractivity contribution in [1.29, 1.82) is 0 Å². The molecule has 108 valence electrons. The zero-order valence-corrected chi connectivity index (χ0v) is 12.3. The van der Waals surface area contributed by atoms with Crippen LogP contribution in [0.25, 0.3) is 0 Å². The lowest BCUT2D eigenvalue weighted by molar-refractivity contribution is -0.149. The first-order chi connectivity index (χ1) is 9.02. The third-order valence-electron chi connectivity index (χ3n) is 4.62. The number of hydrogen-bond donors (Lipinski definition) is 1. The van der Waals surface area contributed by atoms with Gasteiger partial charge in [0.1, 0.15) is 6.04 Å². The maximum Gasteiger partial charge on any atom is 0.246 e. The number of nitrogens with zero attached hydrogens (tertiary/aromatic N) is 1. The summed E-state index contributed by atoms with van der Waals surface area (Å²) >= 11 is 0. The van der Waals surface area contributed by atoms with Crippen LogP contribution in [0.1, 0.15) is 52.9 Å². The van der Waals surface area contributed by atoms with Gasteiger partial charge in [-0.15, -0.1) is 0 Å². The Morgan fingerprint density at radius 3 is 2.68 bits per heavy atom. The van der Waals surface area contributed by atoms with E-state index in [0.29, 0.717) is 5.92 Å². The van der Waals surface area contributed by atoms with Crippen molar-refractivity contribution >= 4 is 11.8 Å². The second kappa shape index (κ2) is 5.93. The molecule has 1 aliphatic heterocycles. The van der Waals surface area contributed by atoms with Gasteiger partial charge in [0.05, 0.1) is 6.54 Å². The summed E-state index contributed by atoms with van der Waals surface area (Å²) in [6.45, 7) is 6.45. The van der Waals surface area contributed by atoms with Gasteiger partial charge in [-0.1, -0.05) is 40.0 Å². The van der Waals surface area contributed by atoms with Gasteiger partial charge in [-0.05, 0) is 24.7 Å². The van der Waals surface area contributed by atoms with Gasteiger partial charge >= 0.3 is 0 Å². The fourth-order valence-electron chi connectivity index (χ4n) is 3.37. The van der Waals surface area contributed by atoms with Crippen molar-refractivity contribution in [2.24, 2.45) is 11.8 Å². The minimum atomic E-state index is -0.330. The molecule has 19 heavy (non-hydrogen) atoms. The highest BCUT2D eigenvalue weighted by molar-refractivity contribution is 5.95. The van der Waals surface area contributed by atoms with Crippen molar-refractivity contribution in [2.75, 3.05) is 6.54 Å². The molecule has 0 spiro atoms. The Labute approximate surface area is 115 Å². The first-order valence-corrected chi connectivity index (χ1v) is 7.62. The van der Waals surface area contributed by atoms with E-state index in [4.69, 9.17) is 0 Å². The molecule has 0 radical (unpaired) electrons. The fraction of sp³-hybridized carbons (Fsp3) is 0.867. The smallest absolute Gasteiger partial charge is 0.246 e. The highest BCUT2D eigenvalue weighted by atomic mass is 16.2. The molecule has 2 fully saturated rings. The Morgan fingerprint density at radius 1 is 1.32 bits per heavy atom. The monoisotopic (exact) mass is 266 g/mol. The van der Waals surface area contributed by atoms with Crippen molar-refractivity contribution in [2.45, 2.75) is 65.0 Å². The number of piperazine rings is 1. The van der Waals surface area contributed by atoms with Crippen molar-refractivity contribution in [3.05, 3.63) is 0 Å². The van der Waals surface area contributed by atoms with E-state index in [2.05, 4.69) is 12.2 Å². The Kier molecular flexibility index (Phi) is 4.48. The van der Waals surface area contributed by atoms with Gasteiger partial charge in [0.2, 0.25) is 11.8 Å². The summed E-state index contributed by atoms with van der Waals surface area (Å²) in [5.74, 6) is 0.993. The maximum atomic E-state index is 12.5. The third kappa shape index (κ3) is 3.10. The second-order valence-electron chi connectivity index (χ2n) is 6.35. The van der Waals surface area contributed by atoms with E-state index in [1.165, 1.54) is 19.3 Å². The van der Waals surface area contributed by atoms with Gasteiger partial charge in [0.15, 0.2) is 0 Å². The van der Waals surface area contributed by atoms with Crippen molar-refractivity contribution in [1.82, 2.24) is 10.2 Å². The molecule has 1 heterocycles. The molecule has 1 aliphatic carbocycles. The molecule has 1 saturated carbocycles. The third-order valence-corrected chi connectivity index (χ3v) is 4.62. The van der Waals surface area contributed by atoms with Gasteiger partial charge in [0.25, 0.3) is 0 Å². The summed E-state index contributed by atoms with van der Waals surface area (Å²) in [6, 6.07) is -0.0539. The van der Waals surface area contributed by atoms with Crippen molar-refractivity contribution in [3.63, 3.8) is 0 Å². The number of amides is 2. The van der Waals surface area contributed by atoms with Crippen LogP contribution in [0.2, 0.25) is 0 Å². The summed E-state index contributed by atoms with van der Waals surface area (Å²) in [5.41, 5.74) is 0. The second-order valence-corrected chi connectivity index (χ2v) is 6.35. The molecule has 4 heteroatoms. The van der Waals surface area contributed by atoms with Crippen LogP contribution in [0.3, 0.4) is 0 Å². The Balaban J connectivity index is 2.09. The molecule has 0 aromatic carbocycles. The van der Waals surface area contributed by atoms with Gasteiger partial charge < -0.3 is 10.2 Å². The van der Waals surface area contributed by atoms with Crippen LogP contribution in [0.5, 0.6) is 0 Å². The fourth-order valence-corrected chi connectivity index (χ4v) is 3.37. The Bertz CT molecular complexity index is 354. The lowest BCUT2D eigenvalue weighted by Gasteiger charge is -2.42. The first kappa shape index (κ1) is 14.4. The topological polar surface area (TPSA) is 49.4 Å². The average molecular weight is 266 g/mol. The van der Waals surface area contributed by atoms with E-state index in [9.17, 15) is 9.59 Å². The van der Waals surface area contributed by atoms with E-state index in [1.807, 2.05) is 18.7 Å². The molecule has 1 N–H and O–H groups in total. The largest absolute Gasteiger partial charge is 0.343 e. The molecule has 3 atom stereocenters.